The third kappa shape index (κ3) is 5.21. The summed E-state index contributed by atoms with van der Waals surface area (Å²) in [7, 11) is 0. The second-order valence-corrected chi connectivity index (χ2v) is 7.91. The summed E-state index contributed by atoms with van der Waals surface area (Å²) in [5, 5.41) is 9.39. The Labute approximate surface area is 192 Å². The van der Waals surface area contributed by atoms with Crippen LogP contribution in [0.4, 0.5) is 8.78 Å². The molecule has 6 heteroatoms. The van der Waals surface area contributed by atoms with Crippen LogP contribution in [0.15, 0.2) is 72.8 Å². The lowest BCUT2D eigenvalue weighted by Gasteiger charge is -2.36. The Morgan fingerprint density at radius 2 is 1.50 bits per heavy atom. The number of likely N-dealkylation sites (tertiary alicyclic amines) is 1. The first kappa shape index (κ1) is 23.6. The van der Waals surface area contributed by atoms with Gasteiger partial charge in [0.05, 0.1) is 11.6 Å². The molecule has 3 aromatic carbocycles. The molecule has 32 heavy (non-hydrogen) atoms. The van der Waals surface area contributed by atoms with Crippen molar-refractivity contribution in [2.24, 2.45) is 5.92 Å². The van der Waals surface area contributed by atoms with Crippen molar-refractivity contribution >= 4 is 18.2 Å². The van der Waals surface area contributed by atoms with Gasteiger partial charge in [-0.2, -0.15) is 5.26 Å². The van der Waals surface area contributed by atoms with Gasteiger partial charge in [-0.1, -0.05) is 42.5 Å². The second kappa shape index (κ2) is 10.5. The number of nitrogens with zero attached hydrogens (tertiary/aromatic N) is 2. The molecule has 3 nitrogen and oxygen atoms in total. The van der Waals surface area contributed by atoms with Crippen LogP contribution in [0.5, 0.6) is 0 Å². The molecule has 1 aliphatic heterocycles. The van der Waals surface area contributed by atoms with Gasteiger partial charge in [0.1, 0.15) is 17.4 Å². The molecule has 0 spiro atoms. The minimum atomic E-state index is -0.348. The van der Waals surface area contributed by atoms with Gasteiger partial charge >= 0.3 is 0 Å². The molecule has 0 bridgehead atoms. The highest BCUT2D eigenvalue weighted by molar-refractivity contribution is 5.85. The zero-order valence-corrected chi connectivity index (χ0v) is 18.2. The molecule has 1 unspecified atom stereocenters. The smallest absolute Gasteiger partial charge is 0.139 e. The van der Waals surface area contributed by atoms with Crippen LogP contribution in [0.2, 0.25) is 0 Å². The molecular formula is C26H23ClF2N2O. The first-order chi connectivity index (χ1) is 15.0. The number of carbonyl (C=O) groups excluding carboxylic acids is 1. The van der Waals surface area contributed by atoms with E-state index in [2.05, 4.69) is 11.0 Å². The van der Waals surface area contributed by atoms with Crippen LogP contribution in [0.3, 0.4) is 0 Å². The Kier molecular flexibility index (Phi) is 7.74. The van der Waals surface area contributed by atoms with E-state index in [9.17, 15) is 18.8 Å². The van der Waals surface area contributed by atoms with Gasteiger partial charge in [0.15, 0.2) is 0 Å². The zero-order chi connectivity index (χ0) is 21.8. The van der Waals surface area contributed by atoms with Gasteiger partial charge in [0.2, 0.25) is 0 Å². The quantitative estimate of drug-likeness (QED) is 0.514. The number of ketones is 1. The Morgan fingerprint density at radius 1 is 0.938 bits per heavy atom. The molecule has 0 aliphatic carbocycles. The average Bonchev–Trinajstić information content (AvgIpc) is 2.79. The Bertz CT molecular complexity index is 1060. The Balaban J connectivity index is 0.00000289. The van der Waals surface area contributed by atoms with Gasteiger partial charge in [-0.25, -0.2) is 8.78 Å². The van der Waals surface area contributed by atoms with Gasteiger partial charge in [-0.05, 0) is 47.0 Å². The lowest BCUT2D eigenvalue weighted by atomic mass is 9.76. The first-order valence-corrected chi connectivity index (χ1v) is 10.3. The lowest BCUT2D eigenvalue weighted by Crippen LogP contribution is -2.43. The summed E-state index contributed by atoms with van der Waals surface area (Å²) in [4.78, 5) is 15.2. The molecule has 0 aromatic heterocycles. The number of hydrogen-bond donors (Lipinski definition) is 0. The fourth-order valence-electron chi connectivity index (χ4n) is 4.37. The van der Waals surface area contributed by atoms with Crippen molar-refractivity contribution in [2.75, 3.05) is 13.1 Å². The van der Waals surface area contributed by atoms with E-state index in [1.54, 1.807) is 30.3 Å². The van der Waals surface area contributed by atoms with Crippen molar-refractivity contribution in [3.63, 3.8) is 0 Å². The highest BCUT2D eigenvalue weighted by Gasteiger charge is 2.35. The van der Waals surface area contributed by atoms with Crippen LogP contribution < -0.4 is 0 Å². The normalized spacial score (nSPS) is 16.4. The highest BCUT2D eigenvalue weighted by Crippen LogP contribution is 2.36. The van der Waals surface area contributed by atoms with Crippen LogP contribution in [-0.2, 0) is 11.3 Å². The Hall–Kier alpha value is -3.07. The second-order valence-electron chi connectivity index (χ2n) is 7.91. The van der Waals surface area contributed by atoms with Gasteiger partial charge in [-0.15, -0.1) is 12.4 Å². The van der Waals surface area contributed by atoms with Crippen LogP contribution >= 0.6 is 12.4 Å². The molecule has 0 amide bonds. The largest absolute Gasteiger partial charge is 0.299 e. The molecule has 1 heterocycles. The van der Waals surface area contributed by atoms with Crippen molar-refractivity contribution in [2.45, 2.75) is 18.9 Å². The monoisotopic (exact) mass is 452 g/mol. The molecule has 1 atom stereocenters. The SMILES string of the molecule is Cl.N#Cc1ccccc1CN1CCC(=O)C(C(c2ccc(F)cc2)c2ccc(F)cc2)C1. The number of nitriles is 1. The van der Waals surface area contributed by atoms with Crippen molar-refractivity contribution in [1.82, 2.24) is 4.90 Å². The van der Waals surface area contributed by atoms with E-state index in [1.807, 2.05) is 18.2 Å². The molecule has 3 aromatic rings. The topological polar surface area (TPSA) is 44.1 Å². The van der Waals surface area contributed by atoms with Crippen LogP contribution in [-0.4, -0.2) is 23.8 Å². The highest BCUT2D eigenvalue weighted by atomic mass is 35.5. The molecule has 0 N–H and O–H groups in total. The van der Waals surface area contributed by atoms with Gasteiger partial charge in [0, 0.05) is 37.9 Å². The molecule has 4 rings (SSSR count). The van der Waals surface area contributed by atoms with Crippen LogP contribution in [0, 0.1) is 28.9 Å². The minimum absolute atomic E-state index is 0. The van der Waals surface area contributed by atoms with Crippen molar-refractivity contribution in [1.29, 1.82) is 5.26 Å². The summed E-state index contributed by atoms with van der Waals surface area (Å²) >= 11 is 0. The zero-order valence-electron chi connectivity index (χ0n) is 17.4. The summed E-state index contributed by atoms with van der Waals surface area (Å²) in [5.41, 5.74) is 3.21. The maximum absolute atomic E-state index is 13.5. The van der Waals surface area contributed by atoms with E-state index in [-0.39, 0.29) is 41.7 Å². The fourth-order valence-corrected chi connectivity index (χ4v) is 4.37. The van der Waals surface area contributed by atoms with Crippen LogP contribution in [0.25, 0.3) is 0 Å². The number of rotatable bonds is 5. The first-order valence-electron chi connectivity index (χ1n) is 10.3. The third-order valence-corrected chi connectivity index (χ3v) is 5.94. The van der Waals surface area contributed by atoms with Gasteiger partial charge in [-0.3, -0.25) is 9.69 Å². The predicted molar refractivity (Wildman–Crippen MR) is 121 cm³/mol. The lowest BCUT2D eigenvalue weighted by molar-refractivity contribution is -0.126. The van der Waals surface area contributed by atoms with E-state index < -0.39 is 0 Å². The van der Waals surface area contributed by atoms with Crippen molar-refractivity contribution in [3.8, 4) is 6.07 Å². The van der Waals surface area contributed by atoms with E-state index >= 15 is 0 Å². The number of Topliss-reactive ketones (excluding diaryl/α,β-unsaturated/α-hetero) is 1. The van der Waals surface area contributed by atoms with E-state index in [0.29, 0.717) is 31.6 Å². The average molecular weight is 453 g/mol. The summed E-state index contributed by atoms with van der Waals surface area (Å²) < 4.78 is 27.1. The predicted octanol–water partition coefficient (Wildman–Crippen LogP) is 5.48. The summed E-state index contributed by atoms with van der Waals surface area (Å²) in [6.45, 7) is 1.71. The summed E-state index contributed by atoms with van der Waals surface area (Å²) in [6.07, 6.45) is 0.401. The number of halogens is 3. The van der Waals surface area contributed by atoms with E-state index in [0.717, 1.165) is 16.7 Å². The van der Waals surface area contributed by atoms with Gasteiger partial charge < -0.3 is 0 Å². The number of carbonyl (C=O) groups is 1. The van der Waals surface area contributed by atoms with Crippen molar-refractivity contribution in [3.05, 3.63) is 107 Å². The van der Waals surface area contributed by atoms with E-state index in [1.165, 1.54) is 24.3 Å². The molecular weight excluding hydrogens is 430 g/mol. The molecule has 1 saturated heterocycles. The molecule has 1 aliphatic rings. The molecule has 164 valence electrons. The summed E-state index contributed by atoms with van der Waals surface area (Å²) in [5.74, 6) is -1.19. The number of piperidine rings is 1. The van der Waals surface area contributed by atoms with Crippen molar-refractivity contribution < 1.29 is 13.6 Å². The maximum atomic E-state index is 13.5. The Morgan fingerprint density at radius 3 is 2.06 bits per heavy atom. The fraction of sp³-hybridized carbons (Fsp3) is 0.231. The standard InChI is InChI=1S/C26H22F2N2O.ClH/c27-22-9-5-18(6-10-22)26(19-7-11-23(28)12-8-19)24-17-30(14-13-25(24)31)16-21-4-2-1-3-20(21)15-29;/h1-12,24,26H,13-14,16-17H2;1H. The third-order valence-electron chi connectivity index (χ3n) is 5.94. The molecule has 0 saturated carbocycles. The minimum Gasteiger partial charge on any atom is -0.299 e. The molecule has 1 fully saturated rings. The van der Waals surface area contributed by atoms with Crippen LogP contribution in [0.1, 0.15) is 34.6 Å². The van der Waals surface area contributed by atoms with E-state index in [4.69, 9.17) is 0 Å². The molecule has 0 radical (unpaired) electrons. The summed E-state index contributed by atoms with van der Waals surface area (Å²) in [6, 6.07) is 22.0. The number of benzene rings is 3. The van der Waals surface area contributed by atoms with Gasteiger partial charge in [0.25, 0.3) is 0 Å². The maximum Gasteiger partial charge on any atom is 0.139 e. The number of hydrogen-bond acceptors (Lipinski definition) is 3.